The molecule has 0 spiro atoms. The Morgan fingerprint density at radius 3 is 2.18 bits per heavy atom. The van der Waals surface area contributed by atoms with Crippen LogP contribution in [0.2, 0.25) is 0 Å². The van der Waals surface area contributed by atoms with E-state index in [1.54, 1.807) is 31.3 Å². The number of nitrogens with zero attached hydrogens (tertiary/aromatic N) is 1. The van der Waals surface area contributed by atoms with Crippen LogP contribution in [0.4, 0.5) is 10.5 Å². The molecule has 1 aliphatic rings. The molecule has 2 aromatic rings. The van der Waals surface area contributed by atoms with Crippen molar-refractivity contribution in [2.24, 2.45) is 0 Å². The molecule has 174 valence electrons. The van der Waals surface area contributed by atoms with Crippen LogP contribution >= 0.6 is 0 Å². The van der Waals surface area contributed by atoms with Gasteiger partial charge in [-0.15, -0.1) is 0 Å². The second-order valence-electron chi connectivity index (χ2n) is 7.70. The monoisotopic (exact) mass is 450 g/mol. The number of allylic oxidation sites excluding steroid dienone is 1. The highest BCUT2D eigenvalue weighted by molar-refractivity contribution is 6.05. The average Bonchev–Trinajstić information content (AvgIpc) is 3.39. The van der Waals surface area contributed by atoms with Gasteiger partial charge in [-0.05, 0) is 37.0 Å². The minimum Gasteiger partial charge on any atom is -0.444 e. The Hall–Kier alpha value is -3.81. The maximum Gasteiger partial charge on any atom is 0.412 e. The minimum absolute atomic E-state index is 0.0219. The second-order valence-corrected chi connectivity index (χ2v) is 7.70. The van der Waals surface area contributed by atoms with Gasteiger partial charge in [0.15, 0.2) is 0 Å². The number of hydrogen-bond acceptors (Lipinski definition) is 5. The molecular formula is C25H30N4O4. The molecule has 3 rings (SSSR count). The highest BCUT2D eigenvalue weighted by Gasteiger charge is 2.22. The van der Waals surface area contributed by atoms with Crippen molar-refractivity contribution in [1.29, 1.82) is 0 Å². The molecule has 2 aromatic carbocycles. The predicted molar refractivity (Wildman–Crippen MR) is 126 cm³/mol. The van der Waals surface area contributed by atoms with Crippen LogP contribution in [0.3, 0.4) is 0 Å². The van der Waals surface area contributed by atoms with E-state index >= 15 is 0 Å². The van der Waals surface area contributed by atoms with E-state index in [1.807, 2.05) is 41.3 Å². The first-order chi connectivity index (χ1) is 16.1. The van der Waals surface area contributed by atoms with Gasteiger partial charge in [-0.3, -0.25) is 14.9 Å². The van der Waals surface area contributed by atoms with Crippen molar-refractivity contribution in [3.05, 3.63) is 77.6 Å². The first kappa shape index (κ1) is 23.8. The molecule has 8 nitrogen and oxygen atoms in total. The quantitative estimate of drug-likeness (QED) is 0.509. The molecule has 1 saturated heterocycles. The van der Waals surface area contributed by atoms with E-state index in [9.17, 15) is 14.4 Å². The Morgan fingerprint density at radius 1 is 0.909 bits per heavy atom. The van der Waals surface area contributed by atoms with Crippen LogP contribution in [-0.4, -0.2) is 42.9 Å². The zero-order valence-corrected chi connectivity index (χ0v) is 18.8. The van der Waals surface area contributed by atoms with Gasteiger partial charge < -0.3 is 20.3 Å². The Morgan fingerprint density at radius 2 is 1.55 bits per heavy atom. The number of para-hydroxylation sites is 1. The van der Waals surface area contributed by atoms with E-state index < -0.39 is 12.0 Å². The topological polar surface area (TPSA) is 99.8 Å². The number of hydrogen-bond donors (Lipinski definition) is 3. The number of carbonyl (C=O) groups excluding carboxylic acids is 3. The third kappa shape index (κ3) is 7.38. The molecule has 0 unspecified atom stereocenters. The summed E-state index contributed by atoms with van der Waals surface area (Å²) in [5.74, 6) is -0.467. The number of benzene rings is 2. The Bertz CT molecular complexity index is 970. The second kappa shape index (κ2) is 12.3. The fourth-order valence-corrected chi connectivity index (χ4v) is 3.58. The van der Waals surface area contributed by atoms with Gasteiger partial charge in [-0.2, -0.15) is 0 Å². The third-order valence-corrected chi connectivity index (χ3v) is 5.35. The SMILES string of the molecule is CN/C(CCC(=O)N1CCCC1)=C(/NC(=O)OCc1ccccc1)C(=O)Nc1ccccc1. The molecule has 0 radical (unpaired) electrons. The summed E-state index contributed by atoms with van der Waals surface area (Å²) in [5.41, 5.74) is 1.89. The number of amides is 3. The van der Waals surface area contributed by atoms with Gasteiger partial charge in [0.1, 0.15) is 12.3 Å². The highest BCUT2D eigenvalue weighted by Crippen LogP contribution is 2.15. The van der Waals surface area contributed by atoms with E-state index in [2.05, 4.69) is 16.0 Å². The lowest BCUT2D eigenvalue weighted by Crippen LogP contribution is -2.35. The summed E-state index contributed by atoms with van der Waals surface area (Å²) in [6.07, 6.45) is 1.79. The van der Waals surface area contributed by atoms with Gasteiger partial charge in [0, 0.05) is 37.9 Å². The molecule has 3 amide bonds. The minimum atomic E-state index is -0.754. The standard InChI is InChI=1S/C25H30N4O4/c1-26-21(14-15-22(30)29-16-8-9-17-29)23(24(31)27-20-12-6-3-7-13-20)28-25(32)33-18-19-10-4-2-5-11-19/h2-7,10-13,26H,8-9,14-18H2,1H3,(H,27,31)(H,28,32)/b23-21+. The highest BCUT2D eigenvalue weighted by atomic mass is 16.5. The van der Waals surface area contributed by atoms with Crippen molar-refractivity contribution in [3.63, 3.8) is 0 Å². The molecule has 8 heteroatoms. The summed E-state index contributed by atoms with van der Waals surface area (Å²) in [7, 11) is 1.66. The van der Waals surface area contributed by atoms with Crippen molar-refractivity contribution in [2.75, 3.05) is 25.5 Å². The maximum absolute atomic E-state index is 13.0. The van der Waals surface area contributed by atoms with Crippen LogP contribution in [0.1, 0.15) is 31.2 Å². The first-order valence-electron chi connectivity index (χ1n) is 11.1. The van der Waals surface area contributed by atoms with Crippen LogP contribution in [0, 0.1) is 0 Å². The van der Waals surface area contributed by atoms with Crippen molar-refractivity contribution >= 4 is 23.6 Å². The molecule has 3 N–H and O–H groups in total. The zero-order chi connectivity index (χ0) is 23.5. The van der Waals surface area contributed by atoms with Crippen LogP contribution < -0.4 is 16.0 Å². The number of nitrogens with one attached hydrogen (secondary N) is 3. The fraction of sp³-hybridized carbons (Fsp3) is 0.320. The Kier molecular flexibility index (Phi) is 8.88. The predicted octanol–water partition coefficient (Wildman–Crippen LogP) is 3.39. The lowest BCUT2D eigenvalue weighted by Gasteiger charge is -2.18. The van der Waals surface area contributed by atoms with Crippen molar-refractivity contribution in [3.8, 4) is 0 Å². The third-order valence-electron chi connectivity index (χ3n) is 5.35. The van der Waals surface area contributed by atoms with Crippen LogP contribution in [0.15, 0.2) is 72.1 Å². The lowest BCUT2D eigenvalue weighted by molar-refractivity contribution is -0.130. The summed E-state index contributed by atoms with van der Waals surface area (Å²) in [4.78, 5) is 39.9. The first-order valence-corrected chi connectivity index (χ1v) is 11.1. The molecule has 0 saturated carbocycles. The number of anilines is 1. The van der Waals surface area contributed by atoms with E-state index in [4.69, 9.17) is 4.74 Å². The molecule has 1 aliphatic heterocycles. The molecular weight excluding hydrogens is 420 g/mol. The van der Waals surface area contributed by atoms with E-state index in [0.29, 0.717) is 11.4 Å². The van der Waals surface area contributed by atoms with E-state index in [-0.39, 0.29) is 31.1 Å². The van der Waals surface area contributed by atoms with Crippen molar-refractivity contribution < 1.29 is 19.1 Å². The molecule has 0 aromatic heterocycles. The Labute approximate surface area is 194 Å². The Balaban J connectivity index is 1.72. The summed E-state index contributed by atoms with van der Waals surface area (Å²) >= 11 is 0. The summed E-state index contributed by atoms with van der Waals surface area (Å²) in [6, 6.07) is 18.2. The zero-order valence-electron chi connectivity index (χ0n) is 18.8. The summed E-state index contributed by atoms with van der Waals surface area (Å²) in [5, 5.41) is 8.32. The largest absolute Gasteiger partial charge is 0.444 e. The lowest BCUT2D eigenvalue weighted by atomic mass is 10.1. The fourth-order valence-electron chi connectivity index (χ4n) is 3.58. The van der Waals surface area contributed by atoms with Crippen molar-refractivity contribution in [1.82, 2.24) is 15.5 Å². The molecule has 1 heterocycles. The van der Waals surface area contributed by atoms with Gasteiger partial charge >= 0.3 is 6.09 Å². The summed E-state index contributed by atoms with van der Waals surface area (Å²) < 4.78 is 5.29. The maximum atomic E-state index is 13.0. The molecule has 0 atom stereocenters. The average molecular weight is 451 g/mol. The number of alkyl carbamates (subject to hydrolysis) is 1. The summed E-state index contributed by atoms with van der Waals surface area (Å²) in [6.45, 7) is 1.61. The van der Waals surface area contributed by atoms with Gasteiger partial charge in [-0.1, -0.05) is 48.5 Å². The number of rotatable bonds is 9. The number of likely N-dealkylation sites (tertiary alicyclic amines) is 1. The molecule has 1 fully saturated rings. The van der Waals surface area contributed by atoms with Gasteiger partial charge in [0.2, 0.25) is 5.91 Å². The van der Waals surface area contributed by atoms with Crippen LogP contribution in [-0.2, 0) is 20.9 Å². The van der Waals surface area contributed by atoms with Crippen LogP contribution in [0.5, 0.6) is 0 Å². The van der Waals surface area contributed by atoms with E-state index in [0.717, 1.165) is 31.5 Å². The molecule has 33 heavy (non-hydrogen) atoms. The van der Waals surface area contributed by atoms with Gasteiger partial charge in [0.05, 0.1) is 0 Å². The van der Waals surface area contributed by atoms with Crippen LogP contribution in [0.25, 0.3) is 0 Å². The van der Waals surface area contributed by atoms with Crippen molar-refractivity contribution in [2.45, 2.75) is 32.3 Å². The molecule has 0 aliphatic carbocycles. The number of carbonyl (C=O) groups is 3. The smallest absolute Gasteiger partial charge is 0.412 e. The molecule has 0 bridgehead atoms. The normalized spacial score (nSPS) is 13.7. The number of ether oxygens (including phenoxy) is 1. The van der Waals surface area contributed by atoms with Gasteiger partial charge in [0.25, 0.3) is 5.91 Å². The van der Waals surface area contributed by atoms with Gasteiger partial charge in [-0.25, -0.2) is 4.79 Å². The van der Waals surface area contributed by atoms with E-state index in [1.165, 1.54) is 0 Å².